The van der Waals surface area contributed by atoms with Crippen LogP contribution in [-0.4, -0.2) is 18.9 Å². The van der Waals surface area contributed by atoms with Gasteiger partial charge in [0.05, 0.1) is 7.11 Å². The van der Waals surface area contributed by atoms with E-state index in [1.807, 2.05) is 42.5 Å². The van der Waals surface area contributed by atoms with Gasteiger partial charge in [-0.1, -0.05) is 60.7 Å². The summed E-state index contributed by atoms with van der Waals surface area (Å²) >= 11 is 0. The summed E-state index contributed by atoms with van der Waals surface area (Å²) in [5, 5.41) is 0. The Morgan fingerprint density at radius 1 is 0.905 bits per heavy atom. The molecule has 3 nitrogen and oxygen atoms in total. The molecule has 0 atom stereocenters. The molecule has 0 fully saturated rings. The molecule has 0 spiro atoms. The van der Waals surface area contributed by atoms with Crippen LogP contribution in [0.2, 0.25) is 0 Å². The first kappa shape index (κ1) is 14.7. The zero-order chi connectivity index (χ0) is 15.2. The zero-order valence-electron chi connectivity index (χ0n) is 12.0. The van der Waals surface area contributed by atoms with E-state index < -0.39 is 5.97 Å². The van der Waals surface area contributed by atoms with Crippen LogP contribution < -0.4 is 0 Å². The lowest BCUT2D eigenvalue weighted by Gasteiger charge is -2.06. The molecule has 0 aliphatic rings. The number of allylic oxidation sites excluding steroid dienone is 1. The van der Waals surface area contributed by atoms with Crippen LogP contribution in [0.15, 0.2) is 66.2 Å². The van der Waals surface area contributed by atoms with E-state index in [1.165, 1.54) is 13.2 Å². The maximum atomic E-state index is 12.3. The van der Waals surface area contributed by atoms with Crippen LogP contribution in [0.5, 0.6) is 0 Å². The topological polar surface area (TPSA) is 43.4 Å². The third-order valence-electron chi connectivity index (χ3n) is 3.19. The number of esters is 1. The number of ether oxygens (including phenoxy) is 1. The van der Waals surface area contributed by atoms with Gasteiger partial charge >= 0.3 is 5.97 Å². The summed E-state index contributed by atoms with van der Waals surface area (Å²) in [7, 11) is 1.26. The predicted molar refractivity (Wildman–Crippen MR) is 82.0 cm³/mol. The Hall–Kier alpha value is -2.68. The zero-order valence-corrected chi connectivity index (χ0v) is 12.0. The van der Waals surface area contributed by atoms with Gasteiger partial charge in [-0.15, -0.1) is 0 Å². The van der Waals surface area contributed by atoms with E-state index in [9.17, 15) is 9.59 Å². The predicted octanol–water partition coefficient (Wildman–Crippen LogP) is 3.66. The van der Waals surface area contributed by atoms with Crippen molar-refractivity contribution < 1.29 is 14.3 Å². The van der Waals surface area contributed by atoms with Crippen molar-refractivity contribution in [1.82, 2.24) is 0 Å². The summed E-state index contributed by atoms with van der Waals surface area (Å²) in [5.74, 6) is -0.946. The molecule has 2 rings (SSSR count). The molecule has 0 unspecified atom stereocenters. The number of carbonyl (C=O) groups excluding carboxylic acids is 2. The minimum absolute atomic E-state index is 0.0463. The van der Waals surface area contributed by atoms with Crippen LogP contribution in [0.3, 0.4) is 0 Å². The number of benzene rings is 2. The summed E-state index contributed by atoms with van der Waals surface area (Å²) in [6.07, 6.45) is 1.47. The normalized spacial score (nSPS) is 11.0. The standard InChI is InChI=1S/C18H16O3/c1-3-16(18(20)21-2)17(19)15-11-9-14(10-12-15)13-7-5-4-6-8-13/h3-12H,1-2H3. The Labute approximate surface area is 123 Å². The fraction of sp³-hybridized carbons (Fsp3) is 0.111. The summed E-state index contributed by atoms with van der Waals surface area (Å²) in [6, 6.07) is 17.1. The Bertz CT molecular complexity index is 667. The first-order chi connectivity index (χ1) is 10.2. The average molecular weight is 280 g/mol. The Morgan fingerprint density at radius 3 is 2.00 bits per heavy atom. The number of hydrogen-bond acceptors (Lipinski definition) is 3. The highest BCUT2D eigenvalue weighted by Gasteiger charge is 2.19. The summed E-state index contributed by atoms with van der Waals surface area (Å²) in [4.78, 5) is 23.8. The van der Waals surface area contributed by atoms with Gasteiger partial charge in [0, 0.05) is 5.56 Å². The van der Waals surface area contributed by atoms with Crippen molar-refractivity contribution in [1.29, 1.82) is 0 Å². The molecular weight excluding hydrogens is 264 g/mol. The van der Waals surface area contributed by atoms with Crippen LogP contribution >= 0.6 is 0 Å². The van der Waals surface area contributed by atoms with Crippen LogP contribution in [0, 0.1) is 0 Å². The van der Waals surface area contributed by atoms with Crippen LogP contribution in [0.4, 0.5) is 0 Å². The molecule has 0 saturated heterocycles. The minimum atomic E-state index is -0.616. The molecule has 0 heterocycles. The van der Waals surface area contributed by atoms with E-state index in [0.717, 1.165) is 11.1 Å². The number of Topliss-reactive ketones (excluding diaryl/α,β-unsaturated/α-hetero) is 1. The molecule has 0 amide bonds. The lowest BCUT2D eigenvalue weighted by Crippen LogP contribution is -2.14. The first-order valence-corrected chi connectivity index (χ1v) is 6.62. The molecule has 0 aliphatic carbocycles. The third-order valence-corrected chi connectivity index (χ3v) is 3.19. The highest BCUT2D eigenvalue weighted by molar-refractivity contribution is 6.24. The van der Waals surface area contributed by atoms with Gasteiger partial charge in [-0.25, -0.2) is 4.79 Å². The van der Waals surface area contributed by atoms with Crippen molar-refractivity contribution in [2.24, 2.45) is 0 Å². The molecule has 0 aliphatic heterocycles. The third kappa shape index (κ3) is 3.26. The molecule has 0 N–H and O–H groups in total. The number of carbonyl (C=O) groups is 2. The Balaban J connectivity index is 2.27. The highest BCUT2D eigenvalue weighted by atomic mass is 16.5. The summed E-state index contributed by atoms with van der Waals surface area (Å²) < 4.78 is 4.61. The molecule has 106 valence electrons. The molecule has 0 aromatic heterocycles. The van der Waals surface area contributed by atoms with Gasteiger partial charge in [-0.05, 0) is 18.1 Å². The van der Waals surface area contributed by atoms with Crippen LogP contribution in [0.1, 0.15) is 17.3 Å². The smallest absolute Gasteiger partial charge is 0.341 e. The number of methoxy groups -OCH3 is 1. The van der Waals surface area contributed by atoms with Crippen molar-refractivity contribution in [2.75, 3.05) is 7.11 Å². The molecule has 3 heteroatoms. The maximum absolute atomic E-state index is 12.3. The molecule has 0 saturated carbocycles. The van der Waals surface area contributed by atoms with Crippen molar-refractivity contribution in [3.05, 3.63) is 71.8 Å². The van der Waals surface area contributed by atoms with Gasteiger partial charge in [-0.2, -0.15) is 0 Å². The molecule has 2 aromatic carbocycles. The van der Waals surface area contributed by atoms with E-state index in [-0.39, 0.29) is 11.4 Å². The average Bonchev–Trinajstić information content (AvgIpc) is 2.56. The minimum Gasteiger partial charge on any atom is -0.465 e. The molecule has 2 aromatic rings. The fourth-order valence-corrected chi connectivity index (χ4v) is 2.05. The maximum Gasteiger partial charge on any atom is 0.341 e. The number of rotatable bonds is 4. The van der Waals surface area contributed by atoms with E-state index in [1.54, 1.807) is 19.1 Å². The van der Waals surface area contributed by atoms with Gasteiger partial charge < -0.3 is 4.74 Å². The fourth-order valence-electron chi connectivity index (χ4n) is 2.05. The van der Waals surface area contributed by atoms with E-state index >= 15 is 0 Å². The van der Waals surface area contributed by atoms with E-state index in [4.69, 9.17) is 0 Å². The summed E-state index contributed by atoms with van der Waals surface area (Å²) in [5.41, 5.74) is 2.61. The van der Waals surface area contributed by atoms with Crippen molar-refractivity contribution in [3.63, 3.8) is 0 Å². The van der Waals surface area contributed by atoms with Gasteiger partial charge in [0.15, 0.2) is 5.78 Å². The van der Waals surface area contributed by atoms with Crippen molar-refractivity contribution in [2.45, 2.75) is 6.92 Å². The number of hydrogen-bond donors (Lipinski definition) is 0. The monoisotopic (exact) mass is 280 g/mol. The van der Waals surface area contributed by atoms with E-state index in [0.29, 0.717) is 5.56 Å². The first-order valence-electron chi connectivity index (χ1n) is 6.62. The van der Waals surface area contributed by atoms with Crippen molar-refractivity contribution in [3.8, 4) is 11.1 Å². The van der Waals surface area contributed by atoms with Crippen molar-refractivity contribution >= 4 is 11.8 Å². The largest absolute Gasteiger partial charge is 0.465 e. The Kier molecular flexibility index (Phi) is 4.67. The summed E-state index contributed by atoms with van der Waals surface area (Å²) in [6.45, 7) is 1.64. The molecular formula is C18H16O3. The lowest BCUT2D eigenvalue weighted by atomic mass is 9.99. The highest BCUT2D eigenvalue weighted by Crippen LogP contribution is 2.20. The van der Waals surface area contributed by atoms with Gasteiger partial charge in [-0.3, -0.25) is 4.79 Å². The number of ketones is 1. The lowest BCUT2D eigenvalue weighted by molar-refractivity contribution is -0.135. The second-order valence-corrected chi connectivity index (χ2v) is 4.47. The molecule has 0 bridgehead atoms. The van der Waals surface area contributed by atoms with Gasteiger partial charge in [0.1, 0.15) is 5.57 Å². The second kappa shape index (κ2) is 6.66. The molecule has 21 heavy (non-hydrogen) atoms. The van der Waals surface area contributed by atoms with E-state index in [2.05, 4.69) is 4.74 Å². The SMILES string of the molecule is CC=C(C(=O)OC)C(=O)c1ccc(-c2ccccc2)cc1. The quantitative estimate of drug-likeness (QED) is 0.282. The molecule has 0 radical (unpaired) electrons. The van der Waals surface area contributed by atoms with Crippen LogP contribution in [0.25, 0.3) is 11.1 Å². The van der Waals surface area contributed by atoms with Gasteiger partial charge in [0.2, 0.25) is 0 Å². The van der Waals surface area contributed by atoms with Crippen LogP contribution in [-0.2, 0) is 9.53 Å². The second-order valence-electron chi connectivity index (χ2n) is 4.47. The van der Waals surface area contributed by atoms with Gasteiger partial charge in [0.25, 0.3) is 0 Å². The Morgan fingerprint density at radius 2 is 1.48 bits per heavy atom.